The second kappa shape index (κ2) is 8.33. The molecule has 0 aliphatic rings. The maximum Gasteiger partial charge on any atom is 0.338 e. The molecule has 0 saturated carbocycles. The number of benzene rings is 2. The Kier molecular flexibility index (Phi) is 5.48. The lowest BCUT2D eigenvalue weighted by Crippen LogP contribution is -1.99. The Morgan fingerprint density at radius 3 is 1.59 bits per heavy atom. The van der Waals surface area contributed by atoms with Crippen LogP contribution in [0.15, 0.2) is 69.9 Å². The van der Waals surface area contributed by atoms with Gasteiger partial charge in [0.15, 0.2) is 5.76 Å². The molecule has 29 heavy (non-hydrogen) atoms. The minimum absolute atomic E-state index is 0.0419. The number of nitro benzene ring substituents is 2. The number of hydrogen-bond acceptors (Lipinski definition) is 6. The van der Waals surface area contributed by atoms with Crippen molar-refractivity contribution < 1.29 is 14.3 Å². The van der Waals surface area contributed by atoms with E-state index in [0.717, 1.165) is 0 Å². The van der Waals surface area contributed by atoms with Crippen molar-refractivity contribution in [2.45, 2.75) is 0 Å². The molecular formula is C21H10N2O6. The summed E-state index contributed by atoms with van der Waals surface area (Å²) in [6.45, 7) is 0. The topological polar surface area (TPSA) is 116 Å². The van der Waals surface area contributed by atoms with Crippen LogP contribution in [0.4, 0.5) is 11.4 Å². The molecule has 140 valence electrons. The van der Waals surface area contributed by atoms with Gasteiger partial charge in [0.1, 0.15) is 0 Å². The third kappa shape index (κ3) is 5.16. The Balaban J connectivity index is 1.83. The SMILES string of the molecule is O=c1cc(C#Cc2ccc([N+](=O)[O-])cc2)cc(C#Cc2ccc([N+](=O)[O-])cc2)o1. The molecule has 8 nitrogen and oxygen atoms in total. The van der Waals surface area contributed by atoms with E-state index in [2.05, 4.69) is 23.7 Å². The van der Waals surface area contributed by atoms with Gasteiger partial charge in [0.25, 0.3) is 11.4 Å². The molecule has 0 aliphatic heterocycles. The first-order chi connectivity index (χ1) is 13.9. The van der Waals surface area contributed by atoms with Crippen molar-refractivity contribution in [3.8, 4) is 23.7 Å². The number of rotatable bonds is 2. The Labute approximate surface area is 163 Å². The van der Waals surface area contributed by atoms with Crippen molar-refractivity contribution in [2.75, 3.05) is 0 Å². The van der Waals surface area contributed by atoms with E-state index in [4.69, 9.17) is 4.42 Å². The normalized spacial score (nSPS) is 9.52. The van der Waals surface area contributed by atoms with Gasteiger partial charge in [-0.05, 0) is 30.2 Å². The van der Waals surface area contributed by atoms with Gasteiger partial charge in [-0.3, -0.25) is 20.2 Å². The summed E-state index contributed by atoms with van der Waals surface area (Å²) in [6, 6.07) is 14.0. The molecule has 3 rings (SSSR count). The van der Waals surface area contributed by atoms with Crippen molar-refractivity contribution in [2.24, 2.45) is 0 Å². The highest BCUT2D eigenvalue weighted by Gasteiger charge is 2.04. The lowest BCUT2D eigenvalue weighted by atomic mass is 10.1. The summed E-state index contributed by atoms with van der Waals surface area (Å²) in [4.78, 5) is 32.0. The van der Waals surface area contributed by atoms with Crippen molar-refractivity contribution >= 4 is 11.4 Å². The first-order valence-corrected chi connectivity index (χ1v) is 8.09. The van der Waals surface area contributed by atoms with Gasteiger partial charge in [-0.2, -0.15) is 0 Å². The Bertz CT molecular complexity index is 1170. The summed E-state index contributed by atoms with van der Waals surface area (Å²) in [5.41, 5.74) is 0.703. The molecular weight excluding hydrogens is 376 g/mol. The van der Waals surface area contributed by atoms with Crippen LogP contribution in [0.3, 0.4) is 0 Å². The van der Waals surface area contributed by atoms with E-state index in [0.29, 0.717) is 16.7 Å². The molecule has 0 N–H and O–H groups in total. The summed E-state index contributed by atoms with van der Waals surface area (Å²) in [5.74, 6) is 11.1. The fourth-order valence-corrected chi connectivity index (χ4v) is 2.22. The van der Waals surface area contributed by atoms with Crippen molar-refractivity contribution in [3.05, 3.63) is 114 Å². The van der Waals surface area contributed by atoms with Crippen LogP contribution >= 0.6 is 0 Å². The summed E-state index contributed by atoms with van der Waals surface area (Å²) in [7, 11) is 0. The molecule has 0 aliphatic carbocycles. The third-order valence-electron chi connectivity index (χ3n) is 3.61. The number of nitro groups is 2. The number of hydrogen-bond donors (Lipinski definition) is 0. The summed E-state index contributed by atoms with van der Waals surface area (Å²) >= 11 is 0. The first kappa shape index (κ1) is 19.1. The zero-order chi connectivity index (χ0) is 20.8. The molecule has 0 radical (unpaired) electrons. The minimum atomic E-state index is -0.631. The summed E-state index contributed by atoms with van der Waals surface area (Å²) in [5, 5.41) is 21.3. The molecule has 8 heteroatoms. The molecule has 2 aromatic carbocycles. The highest BCUT2D eigenvalue weighted by molar-refractivity contribution is 5.48. The van der Waals surface area contributed by atoms with E-state index >= 15 is 0 Å². The number of non-ortho nitro benzene ring substituents is 2. The van der Waals surface area contributed by atoms with Crippen LogP contribution in [0.1, 0.15) is 22.5 Å². The zero-order valence-corrected chi connectivity index (χ0v) is 14.6. The molecule has 0 atom stereocenters. The van der Waals surface area contributed by atoms with Crippen LogP contribution in [0, 0.1) is 43.9 Å². The van der Waals surface area contributed by atoms with E-state index in [9.17, 15) is 25.0 Å². The summed E-state index contributed by atoms with van der Waals surface area (Å²) < 4.78 is 5.02. The second-order valence-corrected chi connectivity index (χ2v) is 5.64. The van der Waals surface area contributed by atoms with E-state index in [1.54, 1.807) is 0 Å². The van der Waals surface area contributed by atoms with E-state index in [1.165, 1.54) is 60.7 Å². The third-order valence-corrected chi connectivity index (χ3v) is 3.61. The quantitative estimate of drug-likeness (QED) is 0.379. The molecule has 1 heterocycles. The van der Waals surface area contributed by atoms with Crippen LogP contribution in [-0.4, -0.2) is 9.85 Å². The zero-order valence-electron chi connectivity index (χ0n) is 14.6. The van der Waals surface area contributed by atoms with Gasteiger partial charge in [0, 0.05) is 53.1 Å². The van der Waals surface area contributed by atoms with Gasteiger partial charge in [-0.15, -0.1) is 0 Å². The Morgan fingerprint density at radius 1 is 0.655 bits per heavy atom. The fourth-order valence-electron chi connectivity index (χ4n) is 2.22. The van der Waals surface area contributed by atoms with E-state index < -0.39 is 15.5 Å². The maximum absolute atomic E-state index is 11.7. The van der Waals surface area contributed by atoms with Crippen molar-refractivity contribution in [3.63, 3.8) is 0 Å². The monoisotopic (exact) mass is 386 g/mol. The van der Waals surface area contributed by atoms with E-state index in [1.807, 2.05) is 0 Å². The van der Waals surface area contributed by atoms with Crippen molar-refractivity contribution in [1.29, 1.82) is 0 Å². The van der Waals surface area contributed by atoms with Crippen molar-refractivity contribution in [1.82, 2.24) is 0 Å². The second-order valence-electron chi connectivity index (χ2n) is 5.64. The highest BCUT2D eigenvalue weighted by atomic mass is 16.6. The molecule has 0 fully saturated rings. The smallest absolute Gasteiger partial charge is 0.338 e. The van der Waals surface area contributed by atoms with Crippen LogP contribution in [0.25, 0.3) is 0 Å². The lowest BCUT2D eigenvalue weighted by molar-refractivity contribution is -0.385. The fraction of sp³-hybridized carbons (Fsp3) is 0. The molecule has 3 aromatic rings. The van der Waals surface area contributed by atoms with Crippen LogP contribution in [-0.2, 0) is 0 Å². The Morgan fingerprint density at radius 2 is 1.10 bits per heavy atom. The van der Waals surface area contributed by atoms with Gasteiger partial charge in [0.05, 0.1) is 9.85 Å². The van der Waals surface area contributed by atoms with Crippen LogP contribution in [0.2, 0.25) is 0 Å². The van der Waals surface area contributed by atoms with Gasteiger partial charge in [-0.25, -0.2) is 4.79 Å². The molecule has 0 bridgehead atoms. The van der Waals surface area contributed by atoms with Crippen LogP contribution < -0.4 is 5.63 Å². The van der Waals surface area contributed by atoms with Gasteiger partial charge >= 0.3 is 5.63 Å². The predicted molar refractivity (Wildman–Crippen MR) is 103 cm³/mol. The standard InChI is InChI=1S/C21H10N2O6/c24-21-14-17(2-1-15-3-8-18(9-4-15)22(25)26)13-20(29-21)12-7-16-5-10-19(11-6-16)23(27)28/h3-6,8-11,13-14H. The van der Waals surface area contributed by atoms with E-state index in [-0.39, 0.29) is 17.1 Å². The molecule has 0 spiro atoms. The largest absolute Gasteiger partial charge is 0.414 e. The summed E-state index contributed by atoms with van der Waals surface area (Å²) in [6.07, 6.45) is 0. The molecule has 1 aromatic heterocycles. The highest BCUT2D eigenvalue weighted by Crippen LogP contribution is 2.12. The van der Waals surface area contributed by atoms with Gasteiger partial charge in [0.2, 0.25) is 0 Å². The average molecular weight is 386 g/mol. The molecule has 0 saturated heterocycles. The van der Waals surface area contributed by atoms with Gasteiger partial charge in [-0.1, -0.05) is 17.8 Å². The lowest BCUT2D eigenvalue weighted by Gasteiger charge is -1.93. The Hall–Kier alpha value is -4.69. The maximum atomic E-state index is 11.7. The average Bonchev–Trinajstić information content (AvgIpc) is 2.71. The molecule has 0 amide bonds. The predicted octanol–water partition coefficient (Wildman–Crippen LogP) is 3.26. The minimum Gasteiger partial charge on any atom is -0.414 e. The number of nitrogens with zero attached hydrogens (tertiary/aromatic N) is 2. The first-order valence-electron chi connectivity index (χ1n) is 8.09. The van der Waals surface area contributed by atoms with Gasteiger partial charge < -0.3 is 4.42 Å². The molecule has 0 unspecified atom stereocenters. The van der Waals surface area contributed by atoms with Crippen LogP contribution in [0.5, 0.6) is 0 Å².